The highest BCUT2D eigenvalue weighted by molar-refractivity contribution is 6.02. The van der Waals surface area contributed by atoms with Gasteiger partial charge in [0.1, 0.15) is 5.76 Å². The number of likely N-dealkylation sites (N-methyl/N-ethyl adjacent to an activating group) is 1. The molecule has 122 valence electrons. The molecule has 0 aliphatic carbocycles. The first-order chi connectivity index (χ1) is 11.0. The van der Waals surface area contributed by atoms with Crippen LogP contribution in [0.5, 0.6) is 0 Å². The van der Waals surface area contributed by atoms with E-state index in [0.717, 1.165) is 16.9 Å². The topological polar surface area (TPSA) is 74.6 Å². The van der Waals surface area contributed by atoms with Crippen LogP contribution in [-0.4, -0.2) is 30.4 Å². The summed E-state index contributed by atoms with van der Waals surface area (Å²) in [7, 11) is 1.78. The molecule has 0 atom stereocenters. The Morgan fingerprint density at radius 2 is 1.96 bits per heavy atom. The largest absolute Gasteiger partial charge is 0.468 e. The fraction of sp³-hybridized carbons (Fsp3) is 0.294. The first kappa shape index (κ1) is 16.8. The van der Waals surface area contributed by atoms with Crippen LogP contribution in [-0.2, 0) is 11.3 Å². The van der Waals surface area contributed by atoms with Crippen LogP contribution in [0.1, 0.15) is 16.9 Å². The Balaban J connectivity index is 1.82. The lowest BCUT2D eigenvalue weighted by atomic mass is 10.1. The maximum atomic E-state index is 11.9. The van der Waals surface area contributed by atoms with E-state index in [-0.39, 0.29) is 12.5 Å². The number of aryl methyl sites for hydroxylation is 1. The molecule has 1 aromatic carbocycles. The summed E-state index contributed by atoms with van der Waals surface area (Å²) < 4.78 is 5.22. The van der Waals surface area contributed by atoms with Gasteiger partial charge >= 0.3 is 6.03 Å². The third kappa shape index (κ3) is 4.96. The number of hydrogen-bond acceptors (Lipinski definition) is 4. The van der Waals surface area contributed by atoms with Gasteiger partial charge in [-0.05, 0) is 50.2 Å². The maximum absolute atomic E-state index is 11.9. The van der Waals surface area contributed by atoms with Gasteiger partial charge in [0.25, 0.3) is 0 Å². The summed E-state index contributed by atoms with van der Waals surface area (Å²) in [5, 5.41) is 5.02. The minimum absolute atomic E-state index is 0.0981. The summed E-state index contributed by atoms with van der Waals surface area (Å²) in [6.07, 6.45) is 1.58. The van der Waals surface area contributed by atoms with Gasteiger partial charge in [-0.15, -0.1) is 0 Å². The standard InChI is InChI=1S/C17H21N3O3/c1-12-6-4-8-15(13(12)2)18-17(22)19-16(21)11-20(3)10-14-7-5-9-23-14/h4-9H,10-11H2,1-3H3,(H2,18,19,21,22). The zero-order chi connectivity index (χ0) is 16.8. The van der Waals surface area contributed by atoms with Gasteiger partial charge in [0.2, 0.25) is 5.91 Å². The van der Waals surface area contributed by atoms with E-state index in [2.05, 4.69) is 10.6 Å². The number of anilines is 1. The van der Waals surface area contributed by atoms with E-state index >= 15 is 0 Å². The molecule has 0 radical (unpaired) electrons. The molecule has 6 nitrogen and oxygen atoms in total. The fourth-order valence-corrected chi connectivity index (χ4v) is 2.18. The van der Waals surface area contributed by atoms with Crippen LogP contribution in [0.25, 0.3) is 0 Å². The normalized spacial score (nSPS) is 10.6. The van der Waals surface area contributed by atoms with Crippen molar-refractivity contribution < 1.29 is 14.0 Å². The molecule has 23 heavy (non-hydrogen) atoms. The Kier molecular flexibility index (Phi) is 5.54. The lowest BCUT2D eigenvalue weighted by molar-refractivity contribution is -0.120. The van der Waals surface area contributed by atoms with E-state index in [1.54, 1.807) is 30.3 Å². The van der Waals surface area contributed by atoms with Gasteiger partial charge in [-0.3, -0.25) is 15.0 Å². The van der Waals surface area contributed by atoms with Gasteiger partial charge in [-0.2, -0.15) is 0 Å². The SMILES string of the molecule is Cc1cccc(NC(=O)NC(=O)CN(C)Cc2ccco2)c1C. The monoisotopic (exact) mass is 315 g/mol. The molecular weight excluding hydrogens is 294 g/mol. The highest BCUT2D eigenvalue weighted by Gasteiger charge is 2.12. The first-order valence-corrected chi connectivity index (χ1v) is 7.33. The van der Waals surface area contributed by atoms with Gasteiger partial charge in [0, 0.05) is 5.69 Å². The van der Waals surface area contributed by atoms with Crippen molar-refractivity contribution in [1.82, 2.24) is 10.2 Å². The minimum atomic E-state index is -0.532. The summed E-state index contributed by atoms with van der Waals surface area (Å²) in [5.74, 6) is 0.391. The summed E-state index contributed by atoms with van der Waals surface area (Å²) in [4.78, 5) is 25.6. The van der Waals surface area contributed by atoms with E-state index in [0.29, 0.717) is 12.2 Å². The van der Waals surface area contributed by atoms with E-state index in [4.69, 9.17) is 4.42 Å². The molecule has 1 heterocycles. The number of hydrogen-bond donors (Lipinski definition) is 2. The van der Waals surface area contributed by atoms with Crippen LogP contribution in [0.15, 0.2) is 41.0 Å². The number of carbonyl (C=O) groups excluding carboxylic acids is 2. The molecule has 0 bridgehead atoms. The molecular formula is C17H21N3O3. The molecule has 0 aliphatic heterocycles. The van der Waals surface area contributed by atoms with Crippen LogP contribution in [0.2, 0.25) is 0 Å². The van der Waals surface area contributed by atoms with Crippen molar-refractivity contribution in [2.75, 3.05) is 18.9 Å². The predicted molar refractivity (Wildman–Crippen MR) is 88.1 cm³/mol. The second kappa shape index (κ2) is 7.60. The summed E-state index contributed by atoms with van der Waals surface area (Å²) in [5.41, 5.74) is 2.75. The van der Waals surface area contributed by atoms with E-state index in [1.165, 1.54) is 0 Å². The van der Waals surface area contributed by atoms with E-state index in [1.807, 2.05) is 32.0 Å². The van der Waals surface area contributed by atoms with Crippen molar-refractivity contribution in [3.05, 3.63) is 53.5 Å². The number of urea groups is 1. The highest BCUT2D eigenvalue weighted by Crippen LogP contribution is 2.17. The molecule has 1 aromatic heterocycles. The number of benzene rings is 1. The quantitative estimate of drug-likeness (QED) is 0.889. The molecule has 0 fully saturated rings. The van der Waals surface area contributed by atoms with Gasteiger partial charge < -0.3 is 9.73 Å². The van der Waals surface area contributed by atoms with Gasteiger partial charge in [0.05, 0.1) is 19.4 Å². The molecule has 0 aliphatic rings. The minimum Gasteiger partial charge on any atom is -0.468 e. The van der Waals surface area contributed by atoms with Gasteiger partial charge in [-0.25, -0.2) is 4.79 Å². The summed E-state index contributed by atoms with van der Waals surface area (Å²) >= 11 is 0. The number of amides is 3. The predicted octanol–water partition coefficient (Wildman–Crippen LogP) is 2.68. The number of nitrogens with one attached hydrogen (secondary N) is 2. The Morgan fingerprint density at radius 1 is 1.17 bits per heavy atom. The third-order valence-electron chi connectivity index (χ3n) is 3.53. The molecule has 0 saturated heterocycles. The van der Waals surface area contributed by atoms with Crippen LogP contribution in [0, 0.1) is 13.8 Å². The van der Waals surface area contributed by atoms with Crippen molar-refractivity contribution >= 4 is 17.6 Å². The Hall–Kier alpha value is -2.60. The maximum Gasteiger partial charge on any atom is 0.325 e. The first-order valence-electron chi connectivity index (χ1n) is 7.33. The summed E-state index contributed by atoms with van der Waals surface area (Å²) in [6.45, 7) is 4.48. The lowest BCUT2D eigenvalue weighted by Crippen LogP contribution is -2.40. The van der Waals surface area contributed by atoms with Crippen molar-refractivity contribution in [2.45, 2.75) is 20.4 Å². The van der Waals surface area contributed by atoms with Crippen LogP contribution in [0.4, 0.5) is 10.5 Å². The highest BCUT2D eigenvalue weighted by atomic mass is 16.3. The number of nitrogens with zero attached hydrogens (tertiary/aromatic N) is 1. The van der Waals surface area contributed by atoms with E-state index < -0.39 is 6.03 Å². The van der Waals surface area contributed by atoms with Gasteiger partial charge in [0.15, 0.2) is 0 Å². The molecule has 0 saturated carbocycles. The molecule has 2 aromatic rings. The second-order valence-electron chi connectivity index (χ2n) is 5.50. The lowest BCUT2D eigenvalue weighted by Gasteiger charge is -2.15. The molecule has 6 heteroatoms. The van der Waals surface area contributed by atoms with Crippen LogP contribution >= 0.6 is 0 Å². The zero-order valence-corrected chi connectivity index (χ0v) is 13.6. The zero-order valence-electron chi connectivity index (χ0n) is 13.6. The van der Waals surface area contributed by atoms with Crippen LogP contribution < -0.4 is 10.6 Å². The summed E-state index contributed by atoms with van der Waals surface area (Å²) in [6, 6.07) is 8.72. The fourth-order valence-electron chi connectivity index (χ4n) is 2.18. The Labute approximate surface area is 135 Å². The molecule has 2 rings (SSSR count). The average Bonchev–Trinajstić information content (AvgIpc) is 2.96. The van der Waals surface area contributed by atoms with Crippen LogP contribution in [0.3, 0.4) is 0 Å². The second-order valence-corrected chi connectivity index (χ2v) is 5.50. The molecule has 0 spiro atoms. The average molecular weight is 315 g/mol. The number of imide groups is 1. The van der Waals surface area contributed by atoms with Crippen molar-refractivity contribution in [2.24, 2.45) is 0 Å². The number of rotatable bonds is 5. The molecule has 2 N–H and O–H groups in total. The Bertz CT molecular complexity index is 680. The molecule has 0 unspecified atom stereocenters. The van der Waals surface area contributed by atoms with E-state index in [9.17, 15) is 9.59 Å². The van der Waals surface area contributed by atoms with Crippen molar-refractivity contribution in [3.8, 4) is 0 Å². The van der Waals surface area contributed by atoms with Gasteiger partial charge in [-0.1, -0.05) is 12.1 Å². The van der Waals surface area contributed by atoms with Crippen molar-refractivity contribution in [3.63, 3.8) is 0 Å². The molecule has 3 amide bonds. The van der Waals surface area contributed by atoms with Crippen molar-refractivity contribution in [1.29, 1.82) is 0 Å². The smallest absolute Gasteiger partial charge is 0.325 e. The number of carbonyl (C=O) groups is 2. The number of furan rings is 1. The Morgan fingerprint density at radius 3 is 2.65 bits per heavy atom. The third-order valence-corrected chi connectivity index (χ3v) is 3.53.